The predicted octanol–water partition coefficient (Wildman–Crippen LogP) is 6.79. The molecule has 1 amide bonds. The maximum atomic E-state index is 12.7. The first kappa shape index (κ1) is 24.1. The molecule has 166 valence electrons. The highest BCUT2D eigenvalue weighted by Gasteiger charge is 2.12. The Labute approximate surface area is 206 Å². The third-order valence-electron chi connectivity index (χ3n) is 4.42. The van der Waals surface area contributed by atoms with E-state index in [1.165, 1.54) is 6.08 Å². The van der Waals surface area contributed by atoms with Gasteiger partial charge in [-0.2, -0.15) is 5.26 Å². The van der Waals surface area contributed by atoms with Crippen molar-refractivity contribution in [3.05, 3.63) is 106 Å². The number of benzene rings is 3. The van der Waals surface area contributed by atoms with Crippen LogP contribution >= 0.6 is 27.5 Å². The van der Waals surface area contributed by atoms with Crippen molar-refractivity contribution in [2.45, 2.75) is 6.61 Å². The van der Waals surface area contributed by atoms with Crippen LogP contribution in [0.2, 0.25) is 5.02 Å². The van der Waals surface area contributed by atoms with Crippen molar-refractivity contribution in [2.75, 3.05) is 11.9 Å². The van der Waals surface area contributed by atoms with Gasteiger partial charge in [0.15, 0.2) is 0 Å². The molecule has 7 heteroatoms. The first-order valence-electron chi connectivity index (χ1n) is 9.92. The number of hydrogen-bond donors (Lipinski definition) is 1. The average Bonchev–Trinajstić information content (AvgIpc) is 2.82. The predicted molar refractivity (Wildman–Crippen MR) is 134 cm³/mol. The number of carbonyl (C=O) groups excluding carboxylic acids is 1. The Morgan fingerprint density at radius 3 is 2.48 bits per heavy atom. The van der Waals surface area contributed by atoms with Crippen molar-refractivity contribution < 1.29 is 14.3 Å². The third-order valence-corrected chi connectivity index (χ3v) is 5.19. The number of ether oxygens (including phenoxy) is 2. The summed E-state index contributed by atoms with van der Waals surface area (Å²) in [6.07, 6.45) is 3.04. The number of carbonyl (C=O) groups is 1. The fourth-order valence-electron chi connectivity index (χ4n) is 2.80. The summed E-state index contributed by atoms with van der Waals surface area (Å²) in [6, 6.07) is 21.7. The van der Waals surface area contributed by atoms with Crippen LogP contribution in [0, 0.1) is 11.3 Å². The maximum absolute atomic E-state index is 12.7. The van der Waals surface area contributed by atoms with Gasteiger partial charge in [0.1, 0.15) is 36.4 Å². The van der Waals surface area contributed by atoms with E-state index in [0.29, 0.717) is 34.4 Å². The van der Waals surface area contributed by atoms with Crippen molar-refractivity contribution in [2.24, 2.45) is 0 Å². The highest BCUT2D eigenvalue weighted by Crippen LogP contribution is 2.26. The summed E-state index contributed by atoms with van der Waals surface area (Å²) >= 11 is 9.48. The fourth-order valence-corrected chi connectivity index (χ4v) is 3.24. The van der Waals surface area contributed by atoms with Gasteiger partial charge in [-0.05, 0) is 66.2 Å². The lowest BCUT2D eigenvalue weighted by Crippen LogP contribution is -2.13. The van der Waals surface area contributed by atoms with Crippen molar-refractivity contribution in [3.63, 3.8) is 0 Å². The van der Waals surface area contributed by atoms with Crippen molar-refractivity contribution >= 4 is 45.2 Å². The SMILES string of the molecule is C=CCOc1ccc(Cl)cc1/C=C(\C#N)C(=O)Nc1ccc(OCc2ccc(Br)cc2)cc1. The van der Waals surface area contributed by atoms with Crippen molar-refractivity contribution in [1.29, 1.82) is 5.26 Å². The number of amides is 1. The normalized spacial score (nSPS) is 10.8. The Bertz CT molecular complexity index is 1200. The lowest BCUT2D eigenvalue weighted by Gasteiger charge is -2.10. The summed E-state index contributed by atoms with van der Waals surface area (Å²) in [4.78, 5) is 12.7. The van der Waals surface area contributed by atoms with Crippen LogP contribution in [0.15, 0.2) is 89.4 Å². The van der Waals surface area contributed by atoms with Gasteiger partial charge in [-0.15, -0.1) is 0 Å². The second kappa shape index (κ2) is 11.9. The monoisotopic (exact) mass is 522 g/mol. The van der Waals surface area contributed by atoms with Gasteiger partial charge >= 0.3 is 0 Å². The van der Waals surface area contributed by atoms with Crippen molar-refractivity contribution in [1.82, 2.24) is 0 Å². The Balaban J connectivity index is 1.67. The number of nitriles is 1. The van der Waals surface area contributed by atoms with E-state index in [1.54, 1.807) is 48.5 Å². The first-order valence-corrected chi connectivity index (χ1v) is 11.1. The molecule has 3 aromatic carbocycles. The molecule has 0 atom stereocenters. The lowest BCUT2D eigenvalue weighted by atomic mass is 10.1. The van der Waals surface area contributed by atoms with Crippen LogP contribution in [0.4, 0.5) is 5.69 Å². The van der Waals surface area contributed by atoms with Crippen LogP contribution in [0.1, 0.15) is 11.1 Å². The van der Waals surface area contributed by atoms with Crippen LogP contribution < -0.4 is 14.8 Å². The zero-order valence-corrected chi connectivity index (χ0v) is 19.9. The molecule has 0 saturated heterocycles. The summed E-state index contributed by atoms with van der Waals surface area (Å²) in [5, 5.41) is 12.7. The Kier molecular flexibility index (Phi) is 8.71. The topological polar surface area (TPSA) is 71.3 Å². The van der Waals surface area contributed by atoms with Crippen LogP contribution in [0.5, 0.6) is 11.5 Å². The van der Waals surface area contributed by atoms with E-state index in [2.05, 4.69) is 27.8 Å². The molecule has 0 aromatic heterocycles. The molecular weight excluding hydrogens is 504 g/mol. The van der Waals surface area contributed by atoms with Gasteiger partial charge < -0.3 is 14.8 Å². The smallest absolute Gasteiger partial charge is 0.266 e. The Morgan fingerprint density at radius 1 is 1.09 bits per heavy atom. The molecule has 0 aliphatic rings. The van der Waals surface area contributed by atoms with Crippen LogP contribution in [0.3, 0.4) is 0 Å². The Hall–Kier alpha value is -3.53. The summed E-state index contributed by atoms with van der Waals surface area (Å²) in [6.45, 7) is 4.33. The molecule has 1 N–H and O–H groups in total. The molecule has 3 rings (SSSR count). The molecule has 0 saturated carbocycles. The van der Waals surface area contributed by atoms with Gasteiger partial charge in [-0.25, -0.2) is 0 Å². The Morgan fingerprint density at radius 2 is 1.82 bits per heavy atom. The second-order valence-electron chi connectivity index (χ2n) is 6.85. The quantitative estimate of drug-likeness (QED) is 0.190. The van der Waals surface area contributed by atoms with Crippen LogP contribution in [-0.4, -0.2) is 12.5 Å². The zero-order chi connectivity index (χ0) is 23.6. The molecule has 0 unspecified atom stereocenters. The standard InChI is InChI=1S/C26H20BrClN2O3/c1-2-13-32-25-12-7-22(28)15-19(25)14-20(16-29)26(31)30-23-8-10-24(11-9-23)33-17-18-3-5-21(27)6-4-18/h2-12,14-15H,1,13,17H2,(H,30,31)/b20-14+. The number of anilines is 1. The molecule has 33 heavy (non-hydrogen) atoms. The van der Waals surface area contributed by atoms with Crippen molar-refractivity contribution in [3.8, 4) is 17.6 Å². The van der Waals surface area contributed by atoms with Gasteiger partial charge in [0.2, 0.25) is 0 Å². The van der Waals surface area contributed by atoms with Gasteiger partial charge in [0.25, 0.3) is 5.91 Å². The molecule has 0 heterocycles. The number of nitrogens with one attached hydrogen (secondary N) is 1. The zero-order valence-electron chi connectivity index (χ0n) is 17.6. The minimum atomic E-state index is -0.546. The molecule has 0 bridgehead atoms. The maximum Gasteiger partial charge on any atom is 0.266 e. The molecule has 0 aliphatic heterocycles. The molecule has 0 fully saturated rings. The summed E-state index contributed by atoms with van der Waals surface area (Å²) in [5.41, 5.74) is 2.01. The van der Waals surface area contributed by atoms with E-state index >= 15 is 0 Å². The summed E-state index contributed by atoms with van der Waals surface area (Å²) < 4.78 is 12.4. The van der Waals surface area contributed by atoms with Gasteiger partial charge in [0, 0.05) is 20.7 Å². The molecular formula is C26H20BrClN2O3. The third kappa shape index (κ3) is 7.25. The lowest BCUT2D eigenvalue weighted by molar-refractivity contribution is -0.112. The fraction of sp³-hybridized carbons (Fsp3) is 0.0769. The van der Waals surface area contributed by atoms with E-state index in [9.17, 15) is 10.1 Å². The molecule has 0 radical (unpaired) electrons. The largest absolute Gasteiger partial charge is 0.489 e. The summed E-state index contributed by atoms with van der Waals surface area (Å²) in [7, 11) is 0. The van der Waals surface area contributed by atoms with Crippen LogP contribution in [0.25, 0.3) is 6.08 Å². The molecule has 5 nitrogen and oxygen atoms in total. The minimum Gasteiger partial charge on any atom is -0.489 e. The highest BCUT2D eigenvalue weighted by molar-refractivity contribution is 9.10. The minimum absolute atomic E-state index is 0.0868. The first-order chi connectivity index (χ1) is 16.0. The molecule has 0 aliphatic carbocycles. The van der Waals surface area contributed by atoms with E-state index < -0.39 is 5.91 Å². The number of rotatable bonds is 9. The molecule has 0 spiro atoms. The number of hydrogen-bond acceptors (Lipinski definition) is 4. The second-order valence-corrected chi connectivity index (χ2v) is 8.20. The molecule has 3 aromatic rings. The van der Waals surface area contributed by atoms with E-state index in [4.69, 9.17) is 21.1 Å². The average molecular weight is 524 g/mol. The number of halogens is 2. The van der Waals surface area contributed by atoms with E-state index in [-0.39, 0.29) is 12.2 Å². The van der Waals surface area contributed by atoms with Gasteiger partial charge in [0.05, 0.1) is 0 Å². The van der Waals surface area contributed by atoms with E-state index in [0.717, 1.165) is 10.0 Å². The highest BCUT2D eigenvalue weighted by atomic mass is 79.9. The number of nitrogens with zero attached hydrogens (tertiary/aromatic N) is 1. The van der Waals surface area contributed by atoms with Gasteiger partial charge in [-0.3, -0.25) is 4.79 Å². The van der Waals surface area contributed by atoms with Gasteiger partial charge in [-0.1, -0.05) is 52.3 Å². The summed E-state index contributed by atoms with van der Waals surface area (Å²) in [5.74, 6) is 0.609. The van der Waals surface area contributed by atoms with Crippen LogP contribution in [-0.2, 0) is 11.4 Å². The van der Waals surface area contributed by atoms with E-state index in [1.807, 2.05) is 30.3 Å².